The molecule has 126 valence electrons. The Labute approximate surface area is 136 Å². The van der Waals surface area contributed by atoms with Crippen LogP contribution in [-0.2, 0) is 9.47 Å². The minimum Gasteiger partial charge on any atom is -0.441 e. The highest BCUT2D eigenvalue weighted by molar-refractivity contribution is 5.70. The fourth-order valence-corrected chi connectivity index (χ4v) is 3.66. The maximum absolute atomic E-state index is 11.8. The molecule has 0 bridgehead atoms. The van der Waals surface area contributed by atoms with Gasteiger partial charge in [0.05, 0.1) is 6.10 Å². The van der Waals surface area contributed by atoms with Gasteiger partial charge in [0, 0.05) is 26.2 Å². The predicted octanol–water partition coefficient (Wildman–Crippen LogP) is 1.30. The number of amides is 1. The number of benzene rings is 1. The van der Waals surface area contributed by atoms with Crippen LogP contribution in [0, 0.1) is 0 Å². The van der Waals surface area contributed by atoms with Gasteiger partial charge in [0.1, 0.15) is 12.1 Å². The van der Waals surface area contributed by atoms with Crippen molar-refractivity contribution in [2.24, 2.45) is 0 Å². The van der Waals surface area contributed by atoms with Crippen LogP contribution in [-0.4, -0.2) is 60.7 Å². The van der Waals surface area contributed by atoms with Gasteiger partial charge in [-0.25, -0.2) is 4.79 Å². The normalized spacial score (nSPS) is 34.9. The molecule has 2 fully saturated rings. The first-order valence-corrected chi connectivity index (χ1v) is 7.98. The second-order valence-electron chi connectivity index (χ2n) is 6.36. The number of nitrogens with zero attached hydrogens (tertiary/aromatic N) is 1. The van der Waals surface area contributed by atoms with E-state index in [1.54, 1.807) is 14.2 Å². The van der Waals surface area contributed by atoms with Crippen LogP contribution in [0.2, 0.25) is 0 Å². The first-order valence-electron chi connectivity index (χ1n) is 7.98. The number of aliphatic hydroxyl groups excluding tert-OH is 1. The number of fused-ring (bicyclic) bond motifs is 1. The van der Waals surface area contributed by atoms with E-state index in [4.69, 9.17) is 9.47 Å². The minimum atomic E-state index is -0.758. The number of likely N-dealkylation sites (N-methyl/N-ethyl adjacent to an activating group) is 1. The van der Waals surface area contributed by atoms with Gasteiger partial charge in [-0.3, -0.25) is 0 Å². The second kappa shape index (κ2) is 6.47. The van der Waals surface area contributed by atoms with Crippen LogP contribution in [0.25, 0.3) is 0 Å². The van der Waals surface area contributed by atoms with E-state index in [2.05, 4.69) is 12.2 Å². The third kappa shape index (κ3) is 2.94. The number of rotatable bonds is 4. The summed E-state index contributed by atoms with van der Waals surface area (Å²) in [5.74, 6) is 0. The lowest BCUT2D eigenvalue weighted by atomic mass is 9.83. The SMILES string of the molecule is CO[C@H]1C[C@H](N[C@H](C)c2ccccc2)[C@@H](O)[C@@H]2OC(=O)N(C)[C@@H]21. The summed E-state index contributed by atoms with van der Waals surface area (Å²) in [6.45, 7) is 2.06. The van der Waals surface area contributed by atoms with Crippen LogP contribution in [0.1, 0.15) is 24.9 Å². The molecule has 23 heavy (non-hydrogen) atoms. The lowest BCUT2D eigenvalue weighted by Crippen LogP contribution is -2.61. The number of ether oxygens (including phenoxy) is 2. The van der Waals surface area contributed by atoms with Crippen LogP contribution in [0.15, 0.2) is 30.3 Å². The standard InChI is InChI=1S/C17H24N2O4/c1-10(11-7-5-4-6-8-11)18-12-9-13(22-3)14-16(15(12)20)23-17(21)19(14)2/h4-8,10,12-16,18,20H,9H2,1-3H3/t10-,12+,13+,14-,15-,16-/m1/s1. The van der Waals surface area contributed by atoms with Gasteiger partial charge < -0.3 is 24.8 Å². The molecule has 2 N–H and O–H groups in total. The van der Waals surface area contributed by atoms with Gasteiger partial charge in [0.25, 0.3) is 0 Å². The summed E-state index contributed by atoms with van der Waals surface area (Å²) in [7, 11) is 3.32. The van der Waals surface area contributed by atoms with Crippen molar-refractivity contribution in [3.05, 3.63) is 35.9 Å². The lowest BCUT2D eigenvalue weighted by Gasteiger charge is -2.42. The maximum atomic E-state index is 11.8. The molecule has 1 saturated carbocycles. The van der Waals surface area contributed by atoms with Gasteiger partial charge in [-0.05, 0) is 18.9 Å². The molecule has 6 nitrogen and oxygen atoms in total. The molecule has 6 heteroatoms. The molecule has 1 saturated heterocycles. The van der Waals surface area contributed by atoms with E-state index >= 15 is 0 Å². The Morgan fingerprint density at radius 3 is 2.74 bits per heavy atom. The minimum absolute atomic E-state index is 0.0831. The van der Waals surface area contributed by atoms with E-state index in [9.17, 15) is 9.90 Å². The van der Waals surface area contributed by atoms with Crippen molar-refractivity contribution in [3.63, 3.8) is 0 Å². The zero-order valence-electron chi connectivity index (χ0n) is 13.7. The van der Waals surface area contributed by atoms with Crippen LogP contribution < -0.4 is 5.32 Å². The van der Waals surface area contributed by atoms with E-state index in [1.165, 1.54) is 4.90 Å². The molecule has 1 aromatic rings. The van der Waals surface area contributed by atoms with Gasteiger partial charge in [-0.2, -0.15) is 0 Å². The van der Waals surface area contributed by atoms with Crippen molar-refractivity contribution < 1.29 is 19.4 Å². The summed E-state index contributed by atoms with van der Waals surface area (Å²) in [5.41, 5.74) is 1.15. The first-order chi connectivity index (χ1) is 11.0. The summed E-state index contributed by atoms with van der Waals surface area (Å²) in [6.07, 6.45) is -1.27. The smallest absolute Gasteiger partial charge is 0.410 e. The van der Waals surface area contributed by atoms with Crippen molar-refractivity contribution in [2.75, 3.05) is 14.2 Å². The average Bonchev–Trinajstić information content (AvgIpc) is 2.87. The number of aliphatic hydroxyl groups is 1. The molecule has 3 rings (SSSR count). The van der Waals surface area contributed by atoms with E-state index < -0.39 is 18.3 Å². The van der Waals surface area contributed by atoms with E-state index in [-0.39, 0.29) is 24.2 Å². The fourth-order valence-electron chi connectivity index (χ4n) is 3.66. The Morgan fingerprint density at radius 1 is 1.39 bits per heavy atom. The fraction of sp³-hybridized carbons (Fsp3) is 0.588. The number of hydrogen-bond donors (Lipinski definition) is 2. The van der Waals surface area contributed by atoms with Crippen molar-refractivity contribution in [2.45, 2.75) is 49.8 Å². The molecular weight excluding hydrogens is 296 g/mol. The third-order valence-electron chi connectivity index (χ3n) is 4.99. The second-order valence-corrected chi connectivity index (χ2v) is 6.36. The Morgan fingerprint density at radius 2 is 2.09 bits per heavy atom. The van der Waals surface area contributed by atoms with Crippen LogP contribution in [0.5, 0.6) is 0 Å². The van der Waals surface area contributed by atoms with Gasteiger partial charge in [0.2, 0.25) is 0 Å². The summed E-state index contributed by atoms with van der Waals surface area (Å²) in [4.78, 5) is 13.3. The Bertz CT molecular complexity index is 553. The molecule has 1 aromatic carbocycles. The zero-order chi connectivity index (χ0) is 16.6. The monoisotopic (exact) mass is 320 g/mol. The Kier molecular flexibility index (Phi) is 4.57. The van der Waals surface area contributed by atoms with E-state index in [1.807, 2.05) is 30.3 Å². The largest absolute Gasteiger partial charge is 0.441 e. The van der Waals surface area contributed by atoms with Crippen molar-refractivity contribution >= 4 is 6.09 Å². The number of carbonyl (C=O) groups is 1. The predicted molar refractivity (Wildman–Crippen MR) is 85.0 cm³/mol. The van der Waals surface area contributed by atoms with Gasteiger partial charge in [-0.15, -0.1) is 0 Å². The molecule has 1 aliphatic heterocycles. The van der Waals surface area contributed by atoms with Crippen molar-refractivity contribution in [3.8, 4) is 0 Å². The van der Waals surface area contributed by atoms with Gasteiger partial charge in [0.15, 0.2) is 6.10 Å². The number of nitrogens with one attached hydrogen (secondary N) is 1. The molecule has 6 atom stereocenters. The molecule has 1 amide bonds. The molecule has 0 aromatic heterocycles. The van der Waals surface area contributed by atoms with Crippen molar-refractivity contribution in [1.29, 1.82) is 0 Å². The lowest BCUT2D eigenvalue weighted by molar-refractivity contribution is -0.0861. The highest BCUT2D eigenvalue weighted by Crippen LogP contribution is 2.34. The summed E-state index contributed by atoms with van der Waals surface area (Å²) < 4.78 is 10.9. The molecule has 0 radical (unpaired) electrons. The molecule has 2 aliphatic rings. The molecular formula is C17H24N2O4. The zero-order valence-corrected chi connectivity index (χ0v) is 13.7. The summed E-state index contributed by atoms with van der Waals surface area (Å²) >= 11 is 0. The van der Waals surface area contributed by atoms with E-state index in [0.29, 0.717) is 6.42 Å². The number of methoxy groups -OCH3 is 1. The van der Waals surface area contributed by atoms with E-state index in [0.717, 1.165) is 5.56 Å². The summed E-state index contributed by atoms with van der Waals surface area (Å²) in [5, 5.41) is 14.1. The number of carbonyl (C=O) groups excluding carboxylic acids is 1. The van der Waals surface area contributed by atoms with Crippen LogP contribution in [0.3, 0.4) is 0 Å². The molecule has 1 aliphatic carbocycles. The topological polar surface area (TPSA) is 71.0 Å². The number of hydrogen-bond acceptors (Lipinski definition) is 5. The quantitative estimate of drug-likeness (QED) is 0.875. The third-order valence-corrected chi connectivity index (χ3v) is 4.99. The van der Waals surface area contributed by atoms with Gasteiger partial charge in [-0.1, -0.05) is 30.3 Å². The molecule has 0 spiro atoms. The molecule has 1 heterocycles. The maximum Gasteiger partial charge on any atom is 0.410 e. The van der Waals surface area contributed by atoms with Gasteiger partial charge >= 0.3 is 6.09 Å². The Balaban J connectivity index is 1.75. The van der Waals surface area contributed by atoms with Crippen LogP contribution >= 0.6 is 0 Å². The first kappa shape index (κ1) is 16.2. The highest BCUT2D eigenvalue weighted by atomic mass is 16.6. The average molecular weight is 320 g/mol. The van der Waals surface area contributed by atoms with Crippen molar-refractivity contribution in [1.82, 2.24) is 10.2 Å². The summed E-state index contributed by atoms with van der Waals surface area (Å²) in [6, 6.07) is 9.70. The van der Waals surface area contributed by atoms with Crippen LogP contribution in [0.4, 0.5) is 4.79 Å². The Hall–Kier alpha value is -1.63. The highest BCUT2D eigenvalue weighted by Gasteiger charge is 2.54. The molecule has 0 unspecified atom stereocenters.